The molecule has 1 aromatic heterocycles. The molecule has 0 bridgehead atoms. The van der Waals surface area contributed by atoms with E-state index in [1.165, 1.54) is 0 Å². The van der Waals surface area contributed by atoms with E-state index in [4.69, 9.17) is 0 Å². The molecule has 3 rings (SSSR count). The van der Waals surface area contributed by atoms with Crippen LogP contribution in [0, 0.1) is 0 Å². The lowest BCUT2D eigenvalue weighted by Gasteiger charge is -2.27. The van der Waals surface area contributed by atoms with Gasteiger partial charge in [0.25, 0.3) is 0 Å². The monoisotopic (exact) mass is 366 g/mol. The number of aromatic hydroxyl groups is 1. The Labute approximate surface area is 159 Å². The fourth-order valence-electron chi connectivity index (χ4n) is 2.92. The Morgan fingerprint density at radius 2 is 1.54 bits per heavy atom. The number of nitrogens with zero attached hydrogens (tertiary/aromatic N) is 2. The van der Waals surface area contributed by atoms with Gasteiger partial charge in [-0.2, -0.15) is 0 Å². The van der Waals surface area contributed by atoms with E-state index in [-0.39, 0.29) is 10.8 Å². The summed E-state index contributed by atoms with van der Waals surface area (Å²) in [4.78, 5) is 9.15. The van der Waals surface area contributed by atoms with E-state index in [0.717, 1.165) is 32.0 Å². The molecule has 0 amide bonds. The van der Waals surface area contributed by atoms with Gasteiger partial charge in [-0.05, 0) is 40.7 Å². The second kappa shape index (κ2) is 6.51. The summed E-state index contributed by atoms with van der Waals surface area (Å²) in [6.07, 6.45) is 1.85. The van der Waals surface area contributed by atoms with Crippen LogP contribution in [-0.4, -0.2) is 16.3 Å². The number of aromatic nitrogens is 1. The average Bonchev–Trinajstić information content (AvgIpc) is 2.94. The molecule has 136 valence electrons. The topological polar surface area (TPSA) is 45.5 Å². The molecule has 0 radical (unpaired) electrons. The summed E-state index contributed by atoms with van der Waals surface area (Å²) in [5.74, 6) is 0.391. The molecule has 4 heteroatoms. The van der Waals surface area contributed by atoms with Crippen molar-refractivity contribution in [3.8, 4) is 5.75 Å². The normalized spacial score (nSPS) is 13.0. The fraction of sp³-hybridized carbons (Fsp3) is 0.364. The SMILES string of the molecule is CC(C)(C)c1cc(/C=N/c2nc3ccccc3s2)cc(C(C)(C)C)c1O. The lowest BCUT2D eigenvalue weighted by atomic mass is 9.78. The first kappa shape index (κ1) is 18.6. The number of aliphatic imine (C=N–C) groups is 1. The molecular weight excluding hydrogens is 340 g/mol. The highest BCUT2D eigenvalue weighted by Gasteiger charge is 2.26. The second-order valence-corrected chi connectivity index (χ2v) is 9.70. The van der Waals surface area contributed by atoms with Crippen molar-refractivity contribution in [2.24, 2.45) is 4.99 Å². The molecule has 0 spiro atoms. The van der Waals surface area contributed by atoms with Crippen molar-refractivity contribution in [1.82, 2.24) is 4.98 Å². The number of phenolic OH excluding ortho intramolecular Hbond substituents is 1. The zero-order chi connectivity index (χ0) is 19.1. The fourth-order valence-corrected chi connectivity index (χ4v) is 3.73. The molecule has 0 fully saturated rings. The molecule has 0 aliphatic heterocycles. The third-order valence-electron chi connectivity index (χ3n) is 4.35. The van der Waals surface area contributed by atoms with Crippen LogP contribution in [0.25, 0.3) is 10.2 Å². The van der Waals surface area contributed by atoms with E-state index in [9.17, 15) is 5.11 Å². The molecule has 26 heavy (non-hydrogen) atoms. The van der Waals surface area contributed by atoms with Gasteiger partial charge in [0.2, 0.25) is 5.13 Å². The van der Waals surface area contributed by atoms with E-state index >= 15 is 0 Å². The predicted molar refractivity (Wildman–Crippen MR) is 112 cm³/mol. The lowest BCUT2D eigenvalue weighted by Crippen LogP contribution is -2.17. The highest BCUT2D eigenvalue weighted by atomic mass is 32.1. The van der Waals surface area contributed by atoms with E-state index in [1.807, 2.05) is 36.5 Å². The molecule has 3 aromatic rings. The Hall–Kier alpha value is -2.20. The minimum Gasteiger partial charge on any atom is -0.507 e. The summed E-state index contributed by atoms with van der Waals surface area (Å²) in [5.41, 5.74) is 3.54. The van der Waals surface area contributed by atoms with Crippen LogP contribution in [0.2, 0.25) is 0 Å². The number of para-hydroxylation sites is 1. The van der Waals surface area contributed by atoms with Crippen molar-refractivity contribution >= 4 is 32.9 Å². The smallest absolute Gasteiger partial charge is 0.210 e. The van der Waals surface area contributed by atoms with E-state index in [1.54, 1.807) is 11.3 Å². The average molecular weight is 367 g/mol. The van der Waals surface area contributed by atoms with Crippen LogP contribution in [0.3, 0.4) is 0 Å². The molecular formula is C22H26N2OS. The highest BCUT2D eigenvalue weighted by Crippen LogP contribution is 2.39. The lowest BCUT2D eigenvalue weighted by molar-refractivity contribution is 0.423. The molecule has 1 heterocycles. The quantitative estimate of drug-likeness (QED) is 0.537. The maximum absolute atomic E-state index is 10.8. The minimum atomic E-state index is -0.149. The van der Waals surface area contributed by atoms with Gasteiger partial charge in [0.1, 0.15) is 5.75 Å². The molecule has 0 saturated heterocycles. The number of rotatable bonds is 2. The highest BCUT2D eigenvalue weighted by molar-refractivity contribution is 7.22. The number of phenols is 1. The van der Waals surface area contributed by atoms with Crippen LogP contribution >= 0.6 is 11.3 Å². The molecule has 1 N–H and O–H groups in total. The molecule has 0 aliphatic rings. The van der Waals surface area contributed by atoms with Crippen LogP contribution in [0.1, 0.15) is 58.2 Å². The second-order valence-electron chi connectivity index (χ2n) is 8.69. The Morgan fingerprint density at radius 3 is 2.08 bits per heavy atom. The summed E-state index contributed by atoms with van der Waals surface area (Å²) in [6, 6.07) is 12.1. The molecule has 0 unspecified atom stereocenters. The van der Waals surface area contributed by atoms with E-state index in [0.29, 0.717) is 5.75 Å². The maximum atomic E-state index is 10.8. The predicted octanol–water partition coefficient (Wildman–Crippen LogP) is 6.35. The van der Waals surface area contributed by atoms with Crippen molar-refractivity contribution in [3.63, 3.8) is 0 Å². The first-order valence-corrected chi connectivity index (χ1v) is 9.65. The molecule has 0 atom stereocenters. The zero-order valence-corrected chi connectivity index (χ0v) is 17.1. The third kappa shape index (κ3) is 3.80. The molecule has 0 aliphatic carbocycles. The van der Waals surface area contributed by atoms with Crippen LogP contribution in [0.5, 0.6) is 5.75 Å². The number of hydrogen-bond donors (Lipinski definition) is 1. The summed E-state index contributed by atoms with van der Waals surface area (Å²) >= 11 is 1.58. The third-order valence-corrected chi connectivity index (χ3v) is 5.30. The summed E-state index contributed by atoms with van der Waals surface area (Å²) in [6.45, 7) is 12.7. The van der Waals surface area contributed by atoms with Crippen molar-refractivity contribution in [2.75, 3.05) is 0 Å². The Balaban J connectivity index is 2.06. The van der Waals surface area contributed by atoms with Crippen molar-refractivity contribution in [1.29, 1.82) is 0 Å². The van der Waals surface area contributed by atoms with Gasteiger partial charge in [-0.15, -0.1) is 0 Å². The van der Waals surface area contributed by atoms with Crippen molar-refractivity contribution < 1.29 is 5.11 Å². The number of fused-ring (bicyclic) bond motifs is 1. The summed E-state index contributed by atoms with van der Waals surface area (Å²) < 4.78 is 1.14. The summed E-state index contributed by atoms with van der Waals surface area (Å²) in [5, 5.41) is 11.6. The molecule has 3 nitrogen and oxygen atoms in total. The summed E-state index contributed by atoms with van der Waals surface area (Å²) in [7, 11) is 0. The van der Waals surface area contributed by atoms with Gasteiger partial charge in [0, 0.05) is 17.3 Å². The number of hydrogen-bond acceptors (Lipinski definition) is 4. The van der Waals surface area contributed by atoms with Crippen LogP contribution in [-0.2, 0) is 10.8 Å². The molecule has 0 saturated carbocycles. The first-order chi connectivity index (χ1) is 12.1. The van der Waals surface area contributed by atoms with Gasteiger partial charge in [-0.25, -0.2) is 9.98 Å². The van der Waals surface area contributed by atoms with Crippen LogP contribution in [0.4, 0.5) is 5.13 Å². The van der Waals surface area contributed by atoms with Gasteiger partial charge in [-0.1, -0.05) is 65.0 Å². The van der Waals surface area contributed by atoms with Gasteiger partial charge in [0.05, 0.1) is 10.2 Å². The van der Waals surface area contributed by atoms with Crippen molar-refractivity contribution in [2.45, 2.75) is 52.4 Å². The maximum Gasteiger partial charge on any atom is 0.210 e. The van der Waals surface area contributed by atoms with Crippen LogP contribution in [0.15, 0.2) is 41.4 Å². The first-order valence-electron chi connectivity index (χ1n) is 8.83. The number of benzene rings is 2. The van der Waals surface area contributed by atoms with E-state index in [2.05, 4.69) is 57.6 Å². The largest absolute Gasteiger partial charge is 0.507 e. The Kier molecular flexibility index (Phi) is 4.65. The Bertz CT molecular complexity index is 904. The Morgan fingerprint density at radius 1 is 0.962 bits per heavy atom. The van der Waals surface area contributed by atoms with Gasteiger partial charge >= 0.3 is 0 Å². The van der Waals surface area contributed by atoms with Crippen molar-refractivity contribution in [3.05, 3.63) is 53.1 Å². The minimum absolute atomic E-state index is 0.149. The standard InChI is InChI=1S/C22H26N2OS/c1-21(2,3)15-11-14(12-16(19(15)25)22(4,5)6)13-23-20-24-17-9-7-8-10-18(17)26-20/h7-13,25H,1-6H3/b23-13+. The van der Waals surface area contributed by atoms with Gasteiger partial charge in [-0.3, -0.25) is 0 Å². The molecule has 2 aromatic carbocycles. The van der Waals surface area contributed by atoms with Gasteiger partial charge < -0.3 is 5.11 Å². The van der Waals surface area contributed by atoms with E-state index < -0.39 is 0 Å². The number of thiazole rings is 1. The van der Waals surface area contributed by atoms with Gasteiger partial charge in [0.15, 0.2) is 0 Å². The van der Waals surface area contributed by atoms with Crippen LogP contribution < -0.4 is 0 Å². The zero-order valence-electron chi connectivity index (χ0n) is 16.3.